The Labute approximate surface area is 117 Å². The maximum Gasteiger partial charge on any atom is 0.335 e. The molecule has 2 aromatic rings. The zero-order valence-electron chi connectivity index (χ0n) is 11.3. The molecule has 2 rings (SSSR count). The van der Waals surface area contributed by atoms with Crippen molar-refractivity contribution < 1.29 is 14.7 Å². The molecule has 20 heavy (non-hydrogen) atoms. The van der Waals surface area contributed by atoms with E-state index < -0.39 is 5.97 Å². The summed E-state index contributed by atoms with van der Waals surface area (Å²) in [6.45, 7) is 1.60. The lowest BCUT2D eigenvalue weighted by atomic mass is 10.0. The zero-order chi connectivity index (χ0) is 14.5. The fraction of sp³-hybridized carbons (Fsp3) is 0.176. The number of Topliss-reactive ketones (excluding diaryl/α,β-unsaturated/α-hetero) is 1. The summed E-state index contributed by atoms with van der Waals surface area (Å²) in [5.74, 6) is -0.727. The van der Waals surface area contributed by atoms with Gasteiger partial charge in [-0.05, 0) is 42.2 Å². The zero-order valence-corrected chi connectivity index (χ0v) is 11.3. The summed E-state index contributed by atoms with van der Waals surface area (Å²) < 4.78 is 0. The van der Waals surface area contributed by atoms with Crippen LogP contribution in [0.3, 0.4) is 0 Å². The molecule has 2 aromatic carbocycles. The second kappa shape index (κ2) is 6.15. The van der Waals surface area contributed by atoms with Crippen molar-refractivity contribution in [2.45, 2.75) is 19.8 Å². The predicted octanol–water partition coefficient (Wildman–Crippen LogP) is 3.57. The van der Waals surface area contributed by atoms with Gasteiger partial charge in [0.2, 0.25) is 0 Å². The maximum absolute atomic E-state index is 10.9. The van der Waals surface area contributed by atoms with Crippen LogP contribution in [0.5, 0.6) is 0 Å². The Morgan fingerprint density at radius 2 is 1.40 bits per heavy atom. The average molecular weight is 268 g/mol. The topological polar surface area (TPSA) is 54.4 Å². The standard InChI is InChI=1S/C17H16O3/c1-12(18)2-3-13-4-6-14(7-5-13)15-8-10-16(11-9-15)17(19)20/h4-11H,2-3H2,1H3,(H,19,20). The first-order valence-corrected chi connectivity index (χ1v) is 6.48. The fourth-order valence-corrected chi connectivity index (χ4v) is 1.99. The average Bonchev–Trinajstić information content (AvgIpc) is 2.46. The molecule has 0 bridgehead atoms. The molecule has 0 saturated heterocycles. The Morgan fingerprint density at radius 3 is 1.85 bits per heavy atom. The molecule has 0 saturated carbocycles. The number of aromatic carboxylic acids is 1. The van der Waals surface area contributed by atoms with Gasteiger partial charge in [0.15, 0.2) is 0 Å². The lowest BCUT2D eigenvalue weighted by Gasteiger charge is -2.04. The number of benzene rings is 2. The molecule has 0 spiro atoms. The summed E-state index contributed by atoms with van der Waals surface area (Å²) in [6.07, 6.45) is 1.32. The van der Waals surface area contributed by atoms with Crippen LogP contribution in [0.25, 0.3) is 11.1 Å². The summed E-state index contributed by atoms with van der Waals surface area (Å²) >= 11 is 0. The Morgan fingerprint density at radius 1 is 0.900 bits per heavy atom. The molecule has 0 heterocycles. The van der Waals surface area contributed by atoms with Crippen molar-refractivity contribution in [2.24, 2.45) is 0 Å². The first-order valence-electron chi connectivity index (χ1n) is 6.48. The number of carbonyl (C=O) groups is 2. The highest BCUT2D eigenvalue weighted by atomic mass is 16.4. The molecule has 0 aliphatic heterocycles. The summed E-state index contributed by atoms with van der Waals surface area (Å²) in [7, 11) is 0. The highest BCUT2D eigenvalue weighted by Gasteiger charge is 2.03. The number of rotatable bonds is 5. The number of hydrogen-bond acceptors (Lipinski definition) is 2. The third-order valence-electron chi connectivity index (χ3n) is 3.18. The molecule has 1 N–H and O–H groups in total. The van der Waals surface area contributed by atoms with Gasteiger partial charge >= 0.3 is 5.97 Å². The normalized spacial score (nSPS) is 10.2. The Kier molecular flexibility index (Phi) is 4.31. The maximum atomic E-state index is 10.9. The van der Waals surface area contributed by atoms with E-state index in [-0.39, 0.29) is 11.3 Å². The Hall–Kier alpha value is -2.42. The van der Waals surface area contributed by atoms with Gasteiger partial charge in [0.05, 0.1) is 5.56 Å². The number of hydrogen-bond donors (Lipinski definition) is 1. The molecule has 0 radical (unpaired) electrons. The highest BCUT2D eigenvalue weighted by molar-refractivity contribution is 5.88. The van der Waals surface area contributed by atoms with Gasteiger partial charge in [0, 0.05) is 6.42 Å². The molecule has 0 amide bonds. The third kappa shape index (κ3) is 3.54. The quantitative estimate of drug-likeness (QED) is 0.901. The first-order chi connectivity index (χ1) is 9.56. The largest absolute Gasteiger partial charge is 0.478 e. The van der Waals surface area contributed by atoms with E-state index in [0.717, 1.165) is 23.1 Å². The van der Waals surface area contributed by atoms with Gasteiger partial charge in [0.1, 0.15) is 5.78 Å². The van der Waals surface area contributed by atoms with Gasteiger partial charge in [-0.1, -0.05) is 36.4 Å². The molecule has 0 aliphatic carbocycles. The highest BCUT2D eigenvalue weighted by Crippen LogP contribution is 2.21. The predicted molar refractivity (Wildman–Crippen MR) is 77.8 cm³/mol. The van der Waals surface area contributed by atoms with Crippen molar-refractivity contribution in [3.63, 3.8) is 0 Å². The molecule has 0 atom stereocenters. The number of aryl methyl sites for hydroxylation is 1. The van der Waals surface area contributed by atoms with Gasteiger partial charge in [-0.25, -0.2) is 4.79 Å². The van der Waals surface area contributed by atoms with Crippen molar-refractivity contribution >= 4 is 11.8 Å². The lowest BCUT2D eigenvalue weighted by Crippen LogP contribution is -1.95. The number of carboxylic acid groups (broad SMARTS) is 1. The van der Waals surface area contributed by atoms with E-state index in [4.69, 9.17) is 5.11 Å². The molecular weight excluding hydrogens is 252 g/mol. The van der Waals surface area contributed by atoms with Crippen LogP contribution in [0, 0.1) is 0 Å². The van der Waals surface area contributed by atoms with Gasteiger partial charge in [-0.3, -0.25) is 0 Å². The molecule has 0 fully saturated rings. The second-order valence-electron chi connectivity index (χ2n) is 4.78. The van der Waals surface area contributed by atoms with Gasteiger partial charge < -0.3 is 9.90 Å². The molecule has 0 aliphatic rings. The van der Waals surface area contributed by atoms with Crippen LogP contribution in [-0.2, 0) is 11.2 Å². The number of carbonyl (C=O) groups excluding carboxylic acids is 1. The molecule has 0 unspecified atom stereocenters. The second-order valence-corrected chi connectivity index (χ2v) is 4.78. The molecule has 3 heteroatoms. The summed E-state index contributed by atoms with van der Waals surface area (Å²) in [6, 6.07) is 14.8. The van der Waals surface area contributed by atoms with Gasteiger partial charge in [0.25, 0.3) is 0 Å². The van der Waals surface area contributed by atoms with E-state index in [1.54, 1.807) is 31.2 Å². The van der Waals surface area contributed by atoms with Crippen molar-refractivity contribution in [1.29, 1.82) is 0 Å². The van der Waals surface area contributed by atoms with Gasteiger partial charge in [-0.2, -0.15) is 0 Å². The Balaban J connectivity index is 2.13. The molecule has 0 aromatic heterocycles. The van der Waals surface area contributed by atoms with Crippen molar-refractivity contribution in [3.8, 4) is 11.1 Å². The smallest absolute Gasteiger partial charge is 0.335 e. The minimum atomic E-state index is -0.920. The van der Waals surface area contributed by atoms with Crippen LogP contribution in [-0.4, -0.2) is 16.9 Å². The van der Waals surface area contributed by atoms with Crippen molar-refractivity contribution in [1.82, 2.24) is 0 Å². The number of ketones is 1. The molecule has 102 valence electrons. The van der Waals surface area contributed by atoms with E-state index in [9.17, 15) is 9.59 Å². The van der Waals surface area contributed by atoms with Crippen LogP contribution in [0.4, 0.5) is 0 Å². The van der Waals surface area contributed by atoms with Crippen LogP contribution in [0.1, 0.15) is 29.3 Å². The SMILES string of the molecule is CC(=O)CCc1ccc(-c2ccc(C(=O)O)cc2)cc1. The van der Waals surface area contributed by atoms with E-state index in [2.05, 4.69) is 0 Å². The van der Waals surface area contributed by atoms with Crippen LogP contribution >= 0.6 is 0 Å². The summed E-state index contributed by atoms with van der Waals surface area (Å²) in [5.41, 5.74) is 3.43. The summed E-state index contributed by atoms with van der Waals surface area (Å²) in [5, 5.41) is 8.86. The van der Waals surface area contributed by atoms with Crippen LogP contribution in [0.2, 0.25) is 0 Å². The van der Waals surface area contributed by atoms with Gasteiger partial charge in [-0.15, -0.1) is 0 Å². The van der Waals surface area contributed by atoms with E-state index in [1.807, 2.05) is 24.3 Å². The number of carboxylic acids is 1. The van der Waals surface area contributed by atoms with Crippen LogP contribution < -0.4 is 0 Å². The first kappa shape index (κ1) is 14.0. The third-order valence-corrected chi connectivity index (χ3v) is 3.18. The van der Waals surface area contributed by atoms with E-state index in [0.29, 0.717) is 6.42 Å². The van der Waals surface area contributed by atoms with Crippen LogP contribution in [0.15, 0.2) is 48.5 Å². The molecule has 3 nitrogen and oxygen atoms in total. The van der Waals surface area contributed by atoms with E-state index >= 15 is 0 Å². The summed E-state index contributed by atoms with van der Waals surface area (Å²) in [4.78, 5) is 21.7. The minimum Gasteiger partial charge on any atom is -0.478 e. The van der Waals surface area contributed by atoms with E-state index in [1.165, 1.54) is 0 Å². The van der Waals surface area contributed by atoms with Crippen molar-refractivity contribution in [2.75, 3.05) is 0 Å². The van der Waals surface area contributed by atoms with Crippen molar-refractivity contribution in [3.05, 3.63) is 59.7 Å². The minimum absolute atomic E-state index is 0.193. The fourth-order valence-electron chi connectivity index (χ4n) is 1.99. The Bertz CT molecular complexity index is 610. The monoisotopic (exact) mass is 268 g/mol. The molecular formula is C17H16O3. The lowest BCUT2D eigenvalue weighted by molar-refractivity contribution is -0.116.